The molecule has 0 saturated carbocycles. The van der Waals surface area contributed by atoms with Crippen LogP contribution in [0.4, 0.5) is 0 Å². The Kier molecular flexibility index (Phi) is 4.95. The molecule has 0 radical (unpaired) electrons. The van der Waals surface area contributed by atoms with Crippen LogP contribution in [-0.4, -0.2) is 32.2 Å². The summed E-state index contributed by atoms with van der Waals surface area (Å²) in [5, 5.41) is 2.70. The lowest BCUT2D eigenvalue weighted by atomic mass is 9.87. The number of ether oxygens (including phenoxy) is 1. The van der Waals surface area contributed by atoms with Gasteiger partial charge in [-0.3, -0.25) is 4.79 Å². The highest BCUT2D eigenvalue weighted by atomic mass is 16.5. The highest BCUT2D eigenvalue weighted by molar-refractivity contribution is 5.82. The highest BCUT2D eigenvalue weighted by Crippen LogP contribution is 2.16. The van der Waals surface area contributed by atoms with Crippen molar-refractivity contribution in [1.29, 1.82) is 0 Å². The minimum atomic E-state index is -0.468. The number of carbonyl (C=O) groups is 1. The normalized spacial score (nSPS) is 13.9. The van der Waals surface area contributed by atoms with E-state index in [-0.39, 0.29) is 11.3 Å². The lowest BCUT2D eigenvalue weighted by molar-refractivity contribution is -0.124. The van der Waals surface area contributed by atoms with Crippen LogP contribution in [0.25, 0.3) is 0 Å². The Morgan fingerprint density at radius 1 is 1.54 bits per heavy atom. The first-order valence-corrected chi connectivity index (χ1v) is 4.42. The van der Waals surface area contributed by atoms with Crippen molar-refractivity contribution < 1.29 is 9.53 Å². The standard InChI is InChI=1S/C9H20N2O2/c1-9(2,3)7(10)8(12)11-5-6-13-4/h7H,5-6,10H2,1-4H3,(H,11,12)/t7-/m1/s1. The van der Waals surface area contributed by atoms with Crippen LogP contribution in [0.1, 0.15) is 20.8 Å². The molecule has 4 nitrogen and oxygen atoms in total. The number of nitrogens with one attached hydrogen (secondary N) is 1. The van der Waals surface area contributed by atoms with Gasteiger partial charge in [0.2, 0.25) is 5.91 Å². The molecule has 13 heavy (non-hydrogen) atoms. The Morgan fingerprint density at radius 3 is 2.46 bits per heavy atom. The van der Waals surface area contributed by atoms with Crippen molar-refractivity contribution >= 4 is 5.91 Å². The van der Waals surface area contributed by atoms with Gasteiger partial charge < -0.3 is 15.8 Å². The predicted octanol–water partition coefficient (Wildman–Crippen LogP) is 0.122. The molecule has 0 aliphatic carbocycles. The molecule has 0 aromatic heterocycles. The molecule has 0 bridgehead atoms. The Hall–Kier alpha value is -0.610. The molecule has 0 aliphatic rings. The first-order valence-electron chi connectivity index (χ1n) is 4.42. The lowest BCUT2D eigenvalue weighted by Crippen LogP contribution is -2.49. The third kappa shape index (κ3) is 4.85. The topological polar surface area (TPSA) is 64.3 Å². The van der Waals surface area contributed by atoms with Crippen molar-refractivity contribution in [2.75, 3.05) is 20.3 Å². The first kappa shape index (κ1) is 12.4. The van der Waals surface area contributed by atoms with Gasteiger partial charge >= 0.3 is 0 Å². The van der Waals surface area contributed by atoms with Crippen LogP contribution < -0.4 is 11.1 Å². The zero-order valence-electron chi connectivity index (χ0n) is 8.89. The summed E-state index contributed by atoms with van der Waals surface area (Å²) in [6.45, 7) is 6.84. The molecule has 0 unspecified atom stereocenters. The SMILES string of the molecule is COCCNC(=O)[C@@H](N)C(C)(C)C. The molecule has 0 rings (SSSR count). The average Bonchev–Trinajstić information content (AvgIpc) is 2.01. The van der Waals surface area contributed by atoms with Crippen molar-refractivity contribution in [2.24, 2.45) is 11.1 Å². The Labute approximate surface area is 79.8 Å². The zero-order chi connectivity index (χ0) is 10.5. The fourth-order valence-electron chi connectivity index (χ4n) is 0.780. The van der Waals surface area contributed by atoms with Crippen LogP contribution in [-0.2, 0) is 9.53 Å². The maximum Gasteiger partial charge on any atom is 0.237 e. The summed E-state index contributed by atoms with van der Waals surface area (Å²) < 4.78 is 4.80. The maximum absolute atomic E-state index is 11.4. The summed E-state index contributed by atoms with van der Waals surface area (Å²) >= 11 is 0. The van der Waals surface area contributed by atoms with Gasteiger partial charge in [-0.2, -0.15) is 0 Å². The lowest BCUT2D eigenvalue weighted by Gasteiger charge is -2.25. The van der Waals surface area contributed by atoms with Crippen LogP contribution in [0.5, 0.6) is 0 Å². The molecule has 0 saturated heterocycles. The Morgan fingerprint density at radius 2 is 2.08 bits per heavy atom. The zero-order valence-corrected chi connectivity index (χ0v) is 8.89. The van der Waals surface area contributed by atoms with Crippen LogP contribution in [0, 0.1) is 5.41 Å². The number of amides is 1. The second-order valence-corrected chi connectivity index (χ2v) is 4.13. The Balaban J connectivity index is 3.84. The van der Waals surface area contributed by atoms with Gasteiger partial charge in [-0.05, 0) is 5.41 Å². The van der Waals surface area contributed by atoms with Crippen LogP contribution in [0.15, 0.2) is 0 Å². The molecule has 0 aromatic carbocycles. The van der Waals surface area contributed by atoms with E-state index in [4.69, 9.17) is 10.5 Å². The van der Waals surface area contributed by atoms with E-state index in [1.54, 1.807) is 7.11 Å². The predicted molar refractivity (Wildman–Crippen MR) is 52.3 cm³/mol. The van der Waals surface area contributed by atoms with Gasteiger partial charge in [-0.15, -0.1) is 0 Å². The largest absolute Gasteiger partial charge is 0.383 e. The first-order chi connectivity index (χ1) is 5.89. The van der Waals surface area contributed by atoms with E-state index in [0.717, 1.165) is 0 Å². The molecular formula is C9H20N2O2. The van der Waals surface area contributed by atoms with Crippen molar-refractivity contribution in [1.82, 2.24) is 5.32 Å². The molecule has 0 spiro atoms. The summed E-state index contributed by atoms with van der Waals surface area (Å²) in [6.07, 6.45) is 0. The van der Waals surface area contributed by atoms with Crippen molar-refractivity contribution in [3.05, 3.63) is 0 Å². The van der Waals surface area contributed by atoms with E-state index < -0.39 is 6.04 Å². The molecule has 0 heterocycles. The Bertz CT molecular complexity index is 163. The minimum absolute atomic E-state index is 0.121. The van der Waals surface area contributed by atoms with Crippen molar-refractivity contribution in [2.45, 2.75) is 26.8 Å². The number of hydrogen-bond acceptors (Lipinski definition) is 3. The second kappa shape index (κ2) is 5.19. The smallest absolute Gasteiger partial charge is 0.237 e. The van der Waals surface area contributed by atoms with E-state index in [2.05, 4.69) is 5.32 Å². The van der Waals surface area contributed by atoms with Gasteiger partial charge in [0, 0.05) is 13.7 Å². The van der Waals surface area contributed by atoms with Crippen molar-refractivity contribution in [3.8, 4) is 0 Å². The number of methoxy groups -OCH3 is 1. The van der Waals surface area contributed by atoms with Gasteiger partial charge in [0.1, 0.15) is 0 Å². The molecule has 3 N–H and O–H groups in total. The van der Waals surface area contributed by atoms with Gasteiger partial charge in [0.25, 0.3) is 0 Å². The molecule has 78 valence electrons. The molecular weight excluding hydrogens is 168 g/mol. The number of hydrogen-bond donors (Lipinski definition) is 2. The van der Waals surface area contributed by atoms with Crippen LogP contribution in [0.3, 0.4) is 0 Å². The van der Waals surface area contributed by atoms with E-state index in [9.17, 15) is 4.79 Å². The molecule has 1 atom stereocenters. The van der Waals surface area contributed by atoms with Crippen LogP contribution >= 0.6 is 0 Å². The number of carbonyl (C=O) groups excluding carboxylic acids is 1. The second-order valence-electron chi connectivity index (χ2n) is 4.13. The van der Waals surface area contributed by atoms with E-state index >= 15 is 0 Å². The molecule has 0 aromatic rings. The van der Waals surface area contributed by atoms with Crippen LogP contribution in [0.2, 0.25) is 0 Å². The minimum Gasteiger partial charge on any atom is -0.383 e. The molecule has 4 heteroatoms. The summed E-state index contributed by atoms with van der Waals surface area (Å²) in [7, 11) is 1.59. The van der Waals surface area contributed by atoms with Gasteiger partial charge in [-0.25, -0.2) is 0 Å². The summed E-state index contributed by atoms with van der Waals surface area (Å²) in [5.41, 5.74) is 5.53. The fourth-order valence-corrected chi connectivity index (χ4v) is 0.780. The van der Waals surface area contributed by atoms with Gasteiger partial charge in [0.15, 0.2) is 0 Å². The average molecular weight is 188 g/mol. The summed E-state index contributed by atoms with van der Waals surface area (Å²) in [4.78, 5) is 11.4. The molecule has 1 amide bonds. The molecule has 0 aliphatic heterocycles. The van der Waals surface area contributed by atoms with E-state index in [1.807, 2.05) is 20.8 Å². The third-order valence-corrected chi connectivity index (χ3v) is 1.82. The summed E-state index contributed by atoms with van der Waals surface area (Å²) in [5.74, 6) is -0.121. The van der Waals surface area contributed by atoms with E-state index in [0.29, 0.717) is 13.2 Å². The quantitative estimate of drug-likeness (QED) is 0.616. The van der Waals surface area contributed by atoms with Crippen molar-refractivity contribution in [3.63, 3.8) is 0 Å². The summed E-state index contributed by atoms with van der Waals surface area (Å²) in [6, 6.07) is -0.468. The fraction of sp³-hybridized carbons (Fsp3) is 0.889. The monoisotopic (exact) mass is 188 g/mol. The maximum atomic E-state index is 11.4. The molecule has 0 fully saturated rings. The third-order valence-electron chi connectivity index (χ3n) is 1.82. The van der Waals surface area contributed by atoms with Gasteiger partial charge in [-0.1, -0.05) is 20.8 Å². The van der Waals surface area contributed by atoms with E-state index in [1.165, 1.54) is 0 Å². The van der Waals surface area contributed by atoms with Gasteiger partial charge in [0.05, 0.1) is 12.6 Å². The number of nitrogens with two attached hydrogens (primary N) is 1. The highest BCUT2D eigenvalue weighted by Gasteiger charge is 2.26. The number of rotatable bonds is 4.